The van der Waals surface area contributed by atoms with Crippen molar-refractivity contribution in [1.29, 1.82) is 0 Å². The molecule has 1 unspecified atom stereocenters. The van der Waals surface area contributed by atoms with Gasteiger partial charge < -0.3 is 4.74 Å². The van der Waals surface area contributed by atoms with Crippen LogP contribution in [0.1, 0.15) is 19.4 Å². The summed E-state index contributed by atoms with van der Waals surface area (Å²) in [5.41, 5.74) is 1.15. The first-order chi connectivity index (χ1) is 12.5. The number of rotatable bonds is 3. The molecule has 2 heteroatoms. The van der Waals surface area contributed by atoms with E-state index >= 15 is 0 Å². The number of hydrogen-bond acceptors (Lipinski definition) is 1. The van der Waals surface area contributed by atoms with Gasteiger partial charge in [0.25, 0.3) is 0 Å². The number of fused-ring (bicyclic) bond motifs is 6. The summed E-state index contributed by atoms with van der Waals surface area (Å²) in [5, 5.41) is 7.46. The molecule has 126 valence electrons. The zero-order valence-corrected chi connectivity index (χ0v) is 15.4. The van der Waals surface area contributed by atoms with E-state index in [2.05, 4.69) is 66.7 Å². The van der Waals surface area contributed by atoms with Crippen molar-refractivity contribution < 1.29 is 4.74 Å². The lowest BCUT2D eigenvalue weighted by Crippen LogP contribution is -2.26. The summed E-state index contributed by atoms with van der Waals surface area (Å²) in [6, 6.07) is 23.5. The van der Waals surface area contributed by atoms with Crippen LogP contribution in [0.25, 0.3) is 32.3 Å². The monoisotopic (exact) mass is 336 g/mol. The quantitative estimate of drug-likeness (QED) is 0.250. The molecule has 0 spiro atoms. The highest BCUT2D eigenvalue weighted by atomic mass is 16.5. The molecule has 0 heterocycles. The minimum atomic E-state index is -0.931. The van der Waals surface area contributed by atoms with Crippen LogP contribution in [-0.4, -0.2) is 15.0 Å². The molecule has 26 heavy (non-hydrogen) atoms. The zero-order chi connectivity index (χ0) is 18.3. The van der Waals surface area contributed by atoms with Gasteiger partial charge in [-0.1, -0.05) is 72.3 Å². The van der Waals surface area contributed by atoms with Gasteiger partial charge in [0, 0.05) is 7.11 Å². The minimum Gasteiger partial charge on any atom is -0.380 e. The van der Waals surface area contributed by atoms with E-state index in [0.29, 0.717) is 0 Å². The lowest BCUT2D eigenvalue weighted by Gasteiger charge is -2.27. The molecule has 0 fully saturated rings. The van der Waals surface area contributed by atoms with Crippen molar-refractivity contribution in [1.82, 2.24) is 0 Å². The van der Waals surface area contributed by atoms with Gasteiger partial charge >= 0.3 is 0 Å². The molecular weight excluding hydrogens is 315 g/mol. The molecule has 0 aliphatic rings. The first-order valence-corrected chi connectivity index (χ1v) is 8.87. The number of hydrogen-bond donors (Lipinski definition) is 0. The molecule has 4 aromatic rings. The third-order valence-electron chi connectivity index (χ3n) is 5.04. The van der Waals surface area contributed by atoms with Crippen molar-refractivity contribution in [2.45, 2.75) is 19.3 Å². The second kappa shape index (κ2) is 6.30. The molecular formula is C24H21BO. The number of benzene rings is 4. The first-order valence-electron chi connectivity index (χ1n) is 8.87. The summed E-state index contributed by atoms with van der Waals surface area (Å²) in [6.45, 7) is 4.06. The maximum atomic E-state index is 6.57. The van der Waals surface area contributed by atoms with E-state index in [4.69, 9.17) is 12.6 Å². The molecule has 1 atom stereocenters. The van der Waals surface area contributed by atoms with Crippen LogP contribution in [0.5, 0.6) is 0 Å². The fraction of sp³-hybridized carbons (Fsp3) is 0.167. The van der Waals surface area contributed by atoms with Gasteiger partial charge in [-0.15, -0.1) is 0 Å². The lowest BCUT2D eigenvalue weighted by atomic mass is 9.73. The molecule has 0 bridgehead atoms. The largest absolute Gasteiger partial charge is 0.380 e. The van der Waals surface area contributed by atoms with Crippen LogP contribution >= 0.6 is 0 Å². The molecule has 0 aromatic heterocycles. The van der Waals surface area contributed by atoms with Crippen LogP contribution in [-0.2, 0) is 10.2 Å². The van der Waals surface area contributed by atoms with Gasteiger partial charge in [0.05, 0.1) is 5.50 Å². The Labute approximate surface area is 155 Å². The highest BCUT2D eigenvalue weighted by Crippen LogP contribution is 2.37. The number of allylic oxidation sites excluding steroid dienone is 1. The molecule has 4 rings (SSSR count). The maximum absolute atomic E-state index is 6.57. The van der Waals surface area contributed by atoms with Gasteiger partial charge in [0.2, 0.25) is 0 Å². The number of methoxy groups -OCH3 is 1. The van der Waals surface area contributed by atoms with Crippen molar-refractivity contribution in [3.05, 3.63) is 83.9 Å². The smallest absolute Gasteiger partial charge is 0.126 e. The van der Waals surface area contributed by atoms with Crippen LogP contribution in [0, 0.1) is 0 Å². The van der Waals surface area contributed by atoms with E-state index in [0.717, 1.165) is 11.1 Å². The first kappa shape index (κ1) is 16.9. The molecule has 0 N–H and O–H groups in total. The van der Waals surface area contributed by atoms with Crippen LogP contribution in [0.4, 0.5) is 0 Å². The van der Waals surface area contributed by atoms with Crippen molar-refractivity contribution >= 4 is 40.2 Å². The molecule has 1 nitrogen and oxygen atoms in total. The Balaban J connectivity index is 2.13. The third kappa shape index (κ3) is 2.62. The zero-order valence-electron chi connectivity index (χ0n) is 15.4. The van der Waals surface area contributed by atoms with Crippen LogP contribution in [0.15, 0.2) is 78.4 Å². The van der Waals surface area contributed by atoms with Crippen molar-refractivity contribution in [2.75, 3.05) is 7.11 Å². The van der Waals surface area contributed by atoms with Gasteiger partial charge in [0.1, 0.15) is 7.85 Å². The summed E-state index contributed by atoms with van der Waals surface area (Å²) in [5.74, 6) is 0. The predicted molar refractivity (Wildman–Crippen MR) is 113 cm³/mol. The van der Waals surface area contributed by atoms with Gasteiger partial charge in [-0.3, -0.25) is 0 Å². The molecule has 2 radical (unpaired) electrons. The molecule has 4 aromatic carbocycles. The standard InChI is InChI=1S/C24H21BO/c1-16(2)15-24(25,26-3)17-12-13-22-20-10-5-4-8-18(20)19-9-6-7-11-21(19)23(22)14-17/h4-15H,1-3H3. The SMILES string of the molecule is [B]C(C=C(C)C)(OC)c1ccc2c3ccccc3c3ccccc3c2c1. The second-order valence-corrected chi connectivity index (χ2v) is 7.07. The Morgan fingerprint density at radius 3 is 1.69 bits per heavy atom. The fourth-order valence-corrected chi connectivity index (χ4v) is 3.84. The second-order valence-electron chi connectivity index (χ2n) is 7.07. The maximum Gasteiger partial charge on any atom is 0.126 e. The van der Waals surface area contributed by atoms with E-state index in [1.54, 1.807) is 7.11 Å². The Morgan fingerprint density at radius 1 is 0.769 bits per heavy atom. The Hall–Kier alpha value is -2.58. The van der Waals surface area contributed by atoms with Gasteiger partial charge in [0.15, 0.2) is 0 Å². The Kier molecular flexibility index (Phi) is 4.09. The molecule has 0 saturated carbocycles. The Morgan fingerprint density at radius 2 is 1.23 bits per heavy atom. The van der Waals surface area contributed by atoms with Gasteiger partial charge in [-0.25, -0.2) is 0 Å². The molecule has 0 aliphatic carbocycles. The fourth-order valence-electron chi connectivity index (χ4n) is 3.84. The summed E-state index contributed by atoms with van der Waals surface area (Å²) in [4.78, 5) is 0. The summed E-state index contributed by atoms with van der Waals surface area (Å²) in [7, 11) is 8.22. The van der Waals surface area contributed by atoms with E-state index in [1.807, 2.05) is 19.9 Å². The average Bonchev–Trinajstić information content (AvgIpc) is 2.67. The molecule has 0 aliphatic heterocycles. The number of ether oxygens (including phenoxy) is 1. The van der Waals surface area contributed by atoms with Crippen molar-refractivity contribution in [3.63, 3.8) is 0 Å². The van der Waals surface area contributed by atoms with Gasteiger partial charge in [-0.05, 0) is 57.8 Å². The third-order valence-corrected chi connectivity index (χ3v) is 5.04. The van der Waals surface area contributed by atoms with E-state index in [9.17, 15) is 0 Å². The summed E-state index contributed by atoms with van der Waals surface area (Å²) >= 11 is 0. The average molecular weight is 336 g/mol. The van der Waals surface area contributed by atoms with Crippen LogP contribution in [0.2, 0.25) is 0 Å². The van der Waals surface area contributed by atoms with E-state index in [1.165, 1.54) is 32.3 Å². The van der Waals surface area contributed by atoms with Crippen molar-refractivity contribution in [2.24, 2.45) is 0 Å². The van der Waals surface area contributed by atoms with Crippen LogP contribution in [0.3, 0.4) is 0 Å². The lowest BCUT2D eigenvalue weighted by molar-refractivity contribution is 0.102. The summed E-state index contributed by atoms with van der Waals surface area (Å²) in [6.07, 6.45) is 1.97. The highest BCUT2D eigenvalue weighted by molar-refractivity contribution is 6.25. The molecule has 0 amide bonds. The minimum absolute atomic E-state index is 0.931. The normalized spacial score (nSPS) is 13.8. The summed E-state index contributed by atoms with van der Waals surface area (Å²) < 4.78 is 5.68. The van der Waals surface area contributed by atoms with E-state index < -0.39 is 5.50 Å². The molecule has 0 saturated heterocycles. The van der Waals surface area contributed by atoms with E-state index in [-0.39, 0.29) is 0 Å². The van der Waals surface area contributed by atoms with Crippen LogP contribution < -0.4 is 0 Å². The predicted octanol–water partition coefficient (Wildman–Crippen LogP) is 6.08. The topological polar surface area (TPSA) is 9.23 Å². The van der Waals surface area contributed by atoms with Crippen molar-refractivity contribution in [3.8, 4) is 0 Å². The Bertz CT molecular complexity index is 1120. The highest BCUT2D eigenvalue weighted by Gasteiger charge is 2.23. The van der Waals surface area contributed by atoms with Gasteiger partial charge in [-0.2, -0.15) is 0 Å².